The fourth-order valence-electron chi connectivity index (χ4n) is 1.06. The molecule has 0 aromatic rings. The molecule has 2 heteroatoms. The molecule has 0 aromatic carbocycles. The third-order valence-electron chi connectivity index (χ3n) is 1.48. The second kappa shape index (κ2) is 3.18. The molecule has 1 N–H and O–H groups in total. The Morgan fingerprint density at radius 3 is 2.89 bits per heavy atom. The minimum Gasteiger partial charge on any atom is -0.362 e. The fourth-order valence-corrected chi connectivity index (χ4v) is 1.06. The lowest BCUT2D eigenvalue weighted by molar-refractivity contribution is 0.0839. The van der Waals surface area contributed by atoms with Gasteiger partial charge in [-0.2, -0.15) is 0 Å². The van der Waals surface area contributed by atoms with Crippen LogP contribution in [0.15, 0.2) is 0 Å². The molecule has 1 unspecified atom stereocenters. The van der Waals surface area contributed by atoms with Crippen LogP contribution in [-0.2, 0) is 4.74 Å². The minimum atomic E-state index is 0.338. The number of hydrogen-bond donors (Lipinski definition) is 1. The van der Waals surface area contributed by atoms with Gasteiger partial charge in [0.25, 0.3) is 0 Å². The van der Waals surface area contributed by atoms with Gasteiger partial charge in [-0.05, 0) is 12.3 Å². The topological polar surface area (TPSA) is 21.3 Å². The molecule has 2 nitrogen and oxygen atoms in total. The van der Waals surface area contributed by atoms with E-state index in [1.165, 1.54) is 0 Å². The average molecular weight is 129 g/mol. The Labute approximate surface area is 56.6 Å². The Bertz CT molecular complexity index is 77.0. The van der Waals surface area contributed by atoms with E-state index in [0.717, 1.165) is 25.5 Å². The van der Waals surface area contributed by atoms with Gasteiger partial charge in [0.05, 0.1) is 6.61 Å². The van der Waals surface area contributed by atoms with Gasteiger partial charge in [0.2, 0.25) is 0 Å². The van der Waals surface area contributed by atoms with Gasteiger partial charge in [-0.1, -0.05) is 13.8 Å². The molecule has 54 valence electrons. The van der Waals surface area contributed by atoms with E-state index in [1.54, 1.807) is 0 Å². The molecule has 1 atom stereocenters. The summed E-state index contributed by atoms with van der Waals surface area (Å²) in [5.41, 5.74) is 0. The van der Waals surface area contributed by atoms with Crippen LogP contribution in [0.5, 0.6) is 0 Å². The Balaban J connectivity index is 2.11. The largest absolute Gasteiger partial charge is 0.362 e. The van der Waals surface area contributed by atoms with E-state index in [-0.39, 0.29) is 0 Å². The van der Waals surface area contributed by atoms with Crippen molar-refractivity contribution >= 4 is 0 Å². The van der Waals surface area contributed by atoms with E-state index in [4.69, 9.17) is 4.74 Å². The Morgan fingerprint density at radius 1 is 1.67 bits per heavy atom. The standard InChI is InChI=1S/C7H15NO/c1-6(2)5-7-8-3-4-9-7/h6-8H,3-5H2,1-2H3. The first kappa shape index (κ1) is 7.03. The summed E-state index contributed by atoms with van der Waals surface area (Å²) in [4.78, 5) is 0. The molecule has 0 spiro atoms. The zero-order valence-electron chi connectivity index (χ0n) is 6.18. The van der Waals surface area contributed by atoms with Crippen LogP contribution in [0.4, 0.5) is 0 Å². The van der Waals surface area contributed by atoms with Gasteiger partial charge < -0.3 is 4.74 Å². The predicted octanol–water partition coefficient (Wildman–Crippen LogP) is 0.978. The van der Waals surface area contributed by atoms with Gasteiger partial charge in [0.1, 0.15) is 6.23 Å². The van der Waals surface area contributed by atoms with Crippen LogP contribution >= 0.6 is 0 Å². The van der Waals surface area contributed by atoms with Gasteiger partial charge in [-0.25, -0.2) is 0 Å². The van der Waals surface area contributed by atoms with Gasteiger partial charge in [-0.3, -0.25) is 5.32 Å². The first-order valence-corrected chi connectivity index (χ1v) is 3.64. The predicted molar refractivity (Wildman–Crippen MR) is 37.2 cm³/mol. The average Bonchev–Trinajstić information content (AvgIpc) is 2.15. The third-order valence-corrected chi connectivity index (χ3v) is 1.48. The van der Waals surface area contributed by atoms with Crippen molar-refractivity contribution in [3.8, 4) is 0 Å². The fraction of sp³-hybridized carbons (Fsp3) is 1.00. The molecule has 9 heavy (non-hydrogen) atoms. The van der Waals surface area contributed by atoms with Crippen molar-refractivity contribution in [2.75, 3.05) is 13.2 Å². The Hall–Kier alpha value is -0.0800. The maximum absolute atomic E-state index is 5.35. The summed E-state index contributed by atoms with van der Waals surface area (Å²) >= 11 is 0. The highest BCUT2D eigenvalue weighted by Gasteiger charge is 2.14. The van der Waals surface area contributed by atoms with Crippen molar-refractivity contribution in [1.29, 1.82) is 0 Å². The zero-order chi connectivity index (χ0) is 6.69. The smallest absolute Gasteiger partial charge is 0.108 e. The molecule has 0 aromatic heterocycles. The molecule has 1 fully saturated rings. The second-order valence-electron chi connectivity index (χ2n) is 2.94. The lowest BCUT2D eigenvalue weighted by Gasteiger charge is -2.11. The van der Waals surface area contributed by atoms with E-state index in [0.29, 0.717) is 6.23 Å². The summed E-state index contributed by atoms with van der Waals surface area (Å²) in [5, 5.41) is 3.27. The second-order valence-corrected chi connectivity index (χ2v) is 2.94. The molecular formula is C7H15NO. The monoisotopic (exact) mass is 129 g/mol. The van der Waals surface area contributed by atoms with Crippen molar-refractivity contribution in [2.45, 2.75) is 26.5 Å². The molecule has 1 saturated heterocycles. The quantitative estimate of drug-likeness (QED) is 0.600. The zero-order valence-corrected chi connectivity index (χ0v) is 6.18. The summed E-state index contributed by atoms with van der Waals surface area (Å²) < 4.78 is 5.35. The van der Waals surface area contributed by atoms with Crippen molar-refractivity contribution < 1.29 is 4.74 Å². The Kier molecular flexibility index (Phi) is 2.49. The van der Waals surface area contributed by atoms with Crippen LogP contribution in [0.2, 0.25) is 0 Å². The molecule has 1 heterocycles. The normalized spacial score (nSPS) is 27.7. The van der Waals surface area contributed by atoms with Gasteiger partial charge in [0, 0.05) is 6.54 Å². The lowest BCUT2D eigenvalue weighted by atomic mass is 10.1. The van der Waals surface area contributed by atoms with E-state index in [2.05, 4.69) is 19.2 Å². The summed E-state index contributed by atoms with van der Waals surface area (Å²) in [6, 6.07) is 0. The van der Waals surface area contributed by atoms with E-state index in [9.17, 15) is 0 Å². The number of ether oxygens (including phenoxy) is 1. The van der Waals surface area contributed by atoms with Crippen LogP contribution in [0.1, 0.15) is 20.3 Å². The summed E-state index contributed by atoms with van der Waals surface area (Å²) in [5.74, 6) is 0.737. The van der Waals surface area contributed by atoms with Gasteiger partial charge in [-0.15, -0.1) is 0 Å². The van der Waals surface area contributed by atoms with Crippen molar-refractivity contribution in [2.24, 2.45) is 5.92 Å². The van der Waals surface area contributed by atoms with Crippen molar-refractivity contribution in [3.63, 3.8) is 0 Å². The molecule has 0 amide bonds. The highest BCUT2D eigenvalue weighted by molar-refractivity contribution is 4.63. The molecular weight excluding hydrogens is 114 g/mol. The van der Waals surface area contributed by atoms with E-state index in [1.807, 2.05) is 0 Å². The van der Waals surface area contributed by atoms with E-state index < -0.39 is 0 Å². The number of rotatable bonds is 2. The number of nitrogens with one attached hydrogen (secondary N) is 1. The lowest BCUT2D eigenvalue weighted by Crippen LogP contribution is -2.23. The molecule has 1 aliphatic rings. The van der Waals surface area contributed by atoms with E-state index >= 15 is 0 Å². The summed E-state index contributed by atoms with van der Waals surface area (Å²) in [6.45, 7) is 6.33. The number of hydrogen-bond acceptors (Lipinski definition) is 2. The molecule has 0 radical (unpaired) electrons. The Morgan fingerprint density at radius 2 is 2.44 bits per heavy atom. The molecule has 1 rings (SSSR count). The molecule has 0 aliphatic carbocycles. The van der Waals surface area contributed by atoms with Crippen LogP contribution in [-0.4, -0.2) is 19.4 Å². The molecule has 1 aliphatic heterocycles. The summed E-state index contributed by atoms with van der Waals surface area (Å²) in [7, 11) is 0. The van der Waals surface area contributed by atoms with Crippen LogP contribution in [0.3, 0.4) is 0 Å². The third kappa shape index (κ3) is 2.33. The highest BCUT2D eigenvalue weighted by Crippen LogP contribution is 2.08. The molecule has 0 bridgehead atoms. The first-order valence-electron chi connectivity index (χ1n) is 3.64. The minimum absolute atomic E-state index is 0.338. The molecule has 0 saturated carbocycles. The van der Waals surface area contributed by atoms with Crippen LogP contribution < -0.4 is 5.32 Å². The first-order chi connectivity index (χ1) is 4.29. The van der Waals surface area contributed by atoms with Gasteiger partial charge >= 0.3 is 0 Å². The van der Waals surface area contributed by atoms with Crippen molar-refractivity contribution in [3.05, 3.63) is 0 Å². The van der Waals surface area contributed by atoms with Gasteiger partial charge in [0.15, 0.2) is 0 Å². The van der Waals surface area contributed by atoms with Crippen molar-refractivity contribution in [1.82, 2.24) is 5.32 Å². The maximum atomic E-state index is 5.35. The summed E-state index contributed by atoms with van der Waals surface area (Å²) in [6.07, 6.45) is 1.48. The SMILES string of the molecule is CC(C)CC1NCCO1. The maximum Gasteiger partial charge on any atom is 0.108 e. The van der Waals surface area contributed by atoms with Crippen LogP contribution in [0.25, 0.3) is 0 Å². The highest BCUT2D eigenvalue weighted by atomic mass is 16.5. The van der Waals surface area contributed by atoms with Crippen LogP contribution in [0, 0.1) is 5.92 Å².